The van der Waals surface area contributed by atoms with Crippen molar-refractivity contribution in [1.29, 1.82) is 0 Å². The number of nitrogens with one attached hydrogen (secondary N) is 2. The Balaban J connectivity index is 1.62. The zero-order valence-corrected chi connectivity index (χ0v) is 14.9. The smallest absolute Gasteiger partial charge is 0.309 e. The van der Waals surface area contributed by atoms with E-state index in [0.29, 0.717) is 22.8 Å². The molecule has 0 unspecified atom stereocenters. The van der Waals surface area contributed by atoms with Crippen molar-refractivity contribution in [3.05, 3.63) is 35.3 Å². The number of thiazole rings is 1. The molecule has 8 heteroatoms. The van der Waals surface area contributed by atoms with Gasteiger partial charge >= 0.3 is 5.97 Å². The number of hydrogen-bond acceptors (Lipinski definition) is 7. The van der Waals surface area contributed by atoms with E-state index in [-0.39, 0.29) is 6.42 Å². The van der Waals surface area contributed by atoms with Gasteiger partial charge in [-0.05, 0) is 25.0 Å². The van der Waals surface area contributed by atoms with Crippen LogP contribution in [0.3, 0.4) is 0 Å². The van der Waals surface area contributed by atoms with Crippen molar-refractivity contribution in [1.82, 2.24) is 15.0 Å². The van der Waals surface area contributed by atoms with Crippen LogP contribution in [0.2, 0.25) is 0 Å². The second-order valence-corrected chi connectivity index (χ2v) is 7.24. The minimum absolute atomic E-state index is 0.0920. The average molecular weight is 369 g/mol. The van der Waals surface area contributed by atoms with Crippen LogP contribution in [-0.4, -0.2) is 32.1 Å². The van der Waals surface area contributed by atoms with Crippen LogP contribution >= 0.6 is 11.3 Å². The number of carbonyl (C=O) groups is 1. The normalized spacial score (nSPS) is 14.6. The van der Waals surface area contributed by atoms with E-state index in [0.717, 1.165) is 29.6 Å². The summed E-state index contributed by atoms with van der Waals surface area (Å²) in [4.78, 5) is 24.3. The lowest BCUT2D eigenvalue weighted by Gasteiger charge is -2.15. The second kappa shape index (κ2) is 7.25. The van der Waals surface area contributed by atoms with Crippen molar-refractivity contribution >= 4 is 45.1 Å². The molecule has 0 radical (unpaired) electrons. The van der Waals surface area contributed by atoms with Crippen LogP contribution in [-0.2, 0) is 11.2 Å². The Morgan fingerprint density at radius 1 is 1.19 bits per heavy atom. The van der Waals surface area contributed by atoms with Gasteiger partial charge in [0.1, 0.15) is 5.82 Å². The van der Waals surface area contributed by atoms with Gasteiger partial charge in [0.2, 0.25) is 5.95 Å². The maximum absolute atomic E-state index is 10.8. The number of aromatic nitrogens is 3. The van der Waals surface area contributed by atoms with Gasteiger partial charge in [-0.2, -0.15) is 4.98 Å². The van der Waals surface area contributed by atoms with Crippen molar-refractivity contribution < 1.29 is 9.90 Å². The maximum atomic E-state index is 10.8. The summed E-state index contributed by atoms with van der Waals surface area (Å²) in [5.74, 6) is 0.389. The van der Waals surface area contributed by atoms with Crippen LogP contribution in [0.25, 0.3) is 10.9 Å². The lowest BCUT2D eigenvalue weighted by atomic mass is 10.2. The Morgan fingerprint density at radius 3 is 2.81 bits per heavy atom. The number of carboxylic acid groups (broad SMARTS) is 1. The first-order valence-corrected chi connectivity index (χ1v) is 9.52. The summed E-state index contributed by atoms with van der Waals surface area (Å²) in [6.45, 7) is 0. The maximum Gasteiger partial charge on any atom is 0.309 e. The fourth-order valence-corrected chi connectivity index (χ4v) is 3.91. The fourth-order valence-electron chi connectivity index (χ4n) is 3.20. The molecular weight excluding hydrogens is 350 g/mol. The number of benzene rings is 1. The Kier molecular flexibility index (Phi) is 4.66. The molecule has 1 aliphatic rings. The minimum atomic E-state index is -0.896. The number of rotatable bonds is 6. The van der Waals surface area contributed by atoms with Crippen molar-refractivity contribution in [3.63, 3.8) is 0 Å². The van der Waals surface area contributed by atoms with Gasteiger partial charge in [0.15, 0.2) is 5.13 Å². The first kappa shape index (κ1) is 16.7. The number of carboxylic acids is 1. The molecule has 1 fully saturated rings. The van der Waals surface area contributed by atoms with E-state index < -0.39 is 5.97 Å². The quantitative estimate of drug-likeness (QED) is 0.607. The largest absolute Gasteiger partial charge is 0.481 e. The van der Waals surface area contributed by atoms with Gasteiger partial charge in [-0.3, -0.25) is 10.1 Å². The minimum Gasteiger partial charge on any atom is -0.481 e. The summed E-state index contributed by atoms with van der Waals surface area (Å²) in [5.41, 5.74) is 1.38. The molecule has 4 rings (SSSR count). The summed E-state index contributed by atoms with van der Waals surface area (Å²) >= 11 is 1.34. The van der Waals surface area contributed by atoms with Gasteiger partial charge in [-0.15, -0.1) is 11.3 Å². The molecule has 1 aliphatic carbocycles. The molecule has 0 aliphatic heterocycles. The molecule has 1 saturated carbocycles. The highest BCUT2D eigenvalue weighted by atomic mass is 32.1. The van der Waals surface area contributed by atoms with Gasteiger partial charge in [0.25, 0.3) is 0 Å². The molecule has 134 valence electrons. The van der Waals surface area contributed by atoms with Crippen molar-refractivity contribution in [2.75, 3.05) is 10.6 Å². The van der Waals surface area contributed by atoms with E-state index >= 15 is 0 Å². The highest BCUT2D eigenvalue weighted by Crippen LogP contribution is 2.28. The van der Waals surface area contributed by atoms with Gasteiger partial charge < -0.3 is 10.4 Å². The fraction of sp³-hybridized carbons (Fsp3) is 0.333. The average Bonchev–Trinajstić information content (AvgIpc) is 3.27. The van der Waals surface area contributed by atoms with Crippen LogP contribution < -0.4 is 10.6 Å². The summed E-state index contributed by atoms with van der Waals surface area (Å²) < 4.78 is 0. The van der Waals surface area contributed by atoms with E-state index in [1.165, 1.54) is 24.2 Å². The Hall–Kier alpha value is -2.74. The van der Waals surface area contributed by atoms with Crippen LogP contribution in [0.1, 0.15) is 31.4 Å². The van der Waals surface area contributed by atoms with Gasteiger partial charge in [-0.1, -0.05) is 25.0 Å². The molecule has 3 N–H and O–H groups in total. The van der Waals surface area contributed by atoms with Gasteiger partial charge in [0.05, 0.1) is 17.6 Å². The predicted molar refractivity (Wildman–Crippen MR) is 102 cm³/mol. The highest BCUT2D eigenvalue weighted by Gasteiger charge is 2.17. The van der Waals surface area contributed by atoms with Crippen molar-refractivity contribution in [2.45, 2.75) is 38.1 Å². The Bertz CT molecular complexity index is 936. The first-order chi connectivity index (χ1) is 12.7. The molecular formula is C18H19N5O2S. The van der Waals surface area contributed by atoms with Gasteiger partial charge in [-0.25, -0.2) is 9.97 Å². The SMILES string of the molecule is O=C(O)Cc1csc(Nc2nc(NC3CCCC3)c3ccccc3n2)n1. The second-order valence-electron chi connectivity index (χ2n) is 6.38. The predicted octanol–water partition coefficient (Wildman–Crippen LogP) is 3.81. The van der Waals surface area contributed by atoms with Gasteiger partial charge in [0, 0.05) is 16.8 Å². The number of hydrogen-bond donors (Lipinski definition) is 3. The number of nitrogens with zero attached hydrogens (tertiary/aromatic N) is 3. The zero-order valence-electron chi connectivity index (χ0n) is 14.1. The van der Waals surface area contributed by atoms with Crippen molar-refractivity contribution in [2.24, 2.45) is 0 Å². The first-order valence-electron chi connectivity index (χ1n) is 8.64. The third kappa shape index (κ3) is 3.75. The molecule has 1 aromatic carbocycles. The van der Waals surface area contributed by atoms with Crippen LogP contribution in [0.5, 0.6) is 0 Å². The molecule has 0 saturated heterocycles. The third-order valence-electron chi connectivity index (χ3n) is 4.40. The molecule has 2 heterocycles. The lowest BCUT2D eigenvalue weighted by molar-refractivity contribution is -0.136. The number of anilines is 3. The topological polar surface area (TPSA) is 100 Å². The van der Waals surface area contributed by atoms with Crippen LogP contribution in [0.4, 0.5) is 16.9 Å². The Labute approximate surface area is 154 Å². The monoisotopic (exact) mass is 369 g/mol. The third-order valence-corrected chi connectivity index (χ3v) is 5.21. The summed E-state index contributed by atoms with van der Waals surface area (Å²) in [5, 5.41) is 18.8. The van der Waals surface area contributed by atoms with Crippen LogP contribution in [0, 0.1) is 0 Å². The molecule has 26 heavy (non-hydrogen) atoms. The van der Waals surface area contributed by atoms with Crippen LogP contribution in [0.15, 0.2) is 29.6 Å². The molecule has 0 bridgehead atoms. The number of fused-ring (bicyclic) bond motifs is 1. The lowest BCUT2D eigenvalue weighted by Crippen LogP contribution is -2.16. The van der Waals surface area contributed by atoms with E-state index in [4.69, 9.17) is 5.11 Å². The highest BCUT2D eigenvalue weighted by molar-refractivity contribution is 7.13. The summed E-state index contributed by atoms with van der Waals surface area (Å²) in [7, 11) is 0. The molecule has 7 nitrogen and oxygen atoms in total. The standard InChI is InChI=1S/C18H19N5O2S/c24-15(25)9-12-10-26-18(20-12)23-17-21-14-8-4-3-7-13(14)16(22-17)19-11-5-1-2-6-11/h3-4,7-8,10-11H,1-2,5-6,9H2,(H,24,25)(H2,19,20,21,22,23). The van der Waals surface area contributed by atoms with E-state index in [9.17, 15) is 4.79 Å². The summed E-state index contributed by atoms with van der Waals surface area (Å²) in [6.07, 6.45) is 4.72. The van der Waals surface area contributed by atoms with E-state index in [1.54, 1.807) is 5.38 Å². The van der Waals surface area contributed by atoms with Crippen molar-refractivity contribution in [3.8, 4) is 0 Å². The molecule has 0 spiro atoms. The number of aliphatic carboxylic acids is 1. The number of para-hydroxylation sites is 1. The Morgan fingerprint density at radius 2 is 2.00 bits per heavy atom. The molecule has 2 aromatic heterocycles. The summed E-state index contributed by atoms with van der Waals surface area (Å²) in [6, 6.07) is 8.36. The molecule has 0 atom stereocenters. The van der Waals surface area contributed by atoms with E-state index in [2.05, 4.69) is 25.6 Å². The van der Waals surface area contributed by atoms with E-state index in [1.807, 2.05) is 24.3 Å². The zero-order chi connectivity index (χ0) is 17.9. The molecule has 0 amide bonds. The molecule has 3 aromatic rings.